The topological polar surface area (TPSA) is 52.2 Å². The van der Waals surface area contributed by atoms with Gasteiger partial charge in [-0.3, -0.25) is 9.89 Å². The zero-order chi connectivity index (χ0) is 19.7. The molecule has 6 heteroatoms. The molecule has 2 aromatic carbocycles. The Bertz CT molecular complexity index is 988. The van der Waals surface area contributed by atoms with E-state index in [1.54, 1.807) is 18.3 Å². The number of halogens is 1. The standard InChI is InChI=1S/C22H23FN4O/c1-15-4-3-5-20(16(15)2)26-10-12-27(13-11-26)22(28)19-14-24-25-21(19)17-6-8-18(23)9-7-17/h3-9,14H,10-13H2,1-2H3,(H,24,25). The van der Waals surface area contributed by atoms with Crippen molar-refractivity contribution in [3.8, 4) is 11.3 Å². The zero-order valence-electron chi connectivity index (χ0n) is 16.1. The minimum absolute atomic E-state index is 0.0475. The van der Waals surface area contributed by atoms with Gasteiger partial charge in [0.05, 0.1) is 17.5 Å². The molecule has 0 aliphatic carbocycles. The van der Waals surface area contributed by atoms with Crippen LogP contribution in [-0.4, -0.2) is 47.2 Å². The van der Waals surface area contributed by atoms with E-state index < -0.39 is 0 Å². The molecule has 0 saturated carbocycles. The molecule has 144 valence electrons. The summed E-state index contributed by atoms with van der Waals surface area (Å²) in [5.41, 5.74) is 5.70. The van der Waals surface area contributed by atoms with E-state index in [-0.39, 0.29) is 11.7 Å². The predicted molar refractivity (Wildman–Crippen MR) is 108 cm³/mol. The van der Waals surface area contributed by atoms with Crippen molar-refractivity contribution in [1.82, 2.24) is 15.1 Å². The summed E-state index contributed by atoms with van der Waals surface area (Å²) in [6.07, 6.45) is 1.55. The fourth-order valence-electron chi connectivity index (χ4n) is 3.68. The van der Waals surface area contributed by atoms with Gasteiger partial charge in [-0.2, -0.15) is 5.10 Å². The number of nitrogens with one attached hydrogen (secondary N) is 1. The fourth-order valence-corrected chi connectivity index (χ4v) is 3.68. The summed E-state index contributed by atoms with van der Waals surface area (Å²) in [6.45, 7) is 7.15. The average Bonchev–Trinajstić information content (AvgIpc) is 3.20. The van der Waals surface area contributed by atoms with Crippen molar-refractivity contribution in [3.63, 3.8) is 0 Å². The predicted octanol–water partition coefficient (Wildman–Crippen LogP) is 3.80. The van der Waals surface area contributed by atoms with Crippen molar-refractivity contribution in [3.05, 3.63) is 71.2 Å². The molecule has 0 unspecified atom stereocenters. The molecule has 1 N–H and O–H groups in total. The molecule has 5 nitrogen and oxygen atoms in total. The van der Waals surface area contributed by atoms with E-state index in [0.29, 0.717) is 24.3 Å². The summed E-state index contributed by atoms with van der Waals surface area (Å²) in [6, 6.07) is 12.4. The first-order valence-corrected chi connectivity index (χ1v) is 9.44. The van der Waals surface area contributed by atoms with Gasteiger partial charge in [0.1, 0.15) is 5.82 Å². The largest absolute Gasteiger partial charge is 0.368 e. The molecule has 0 spiro atoms. The molecular weight excluding hydrogens is 355 g/mol. The van der Waals surface area contributed by atoms with Crippen LogP contribution in [0.5, 0.6) is 0 Å². The molecule has 0 atom stereocenters. The van der Waals surface area contributed by atoms with Crippen molar-refractivity contribution < 1.29 is 9.18 Å². The summed E-state index contributed by atoms with van der Waals surface area (Å²) in [5, 5.41) is 6.92. The van der Waals surface area contributed by atoms with Gasteiger partial charge in [0.25, 0.3) is 5.91 Å². The highest BCUT2D eigenvalue weighted by Gasteiger charge is 2.26. The Hall–Kier alpha value is -3.15. The molecule has 1 amide bonds. The minimum Gasteiger partial charge on any atom is -0.368 e. The Morgan fingerprint density at radius 3 is 2.46 bits per heavy atom. The quantitative estimate of drug-likeness (QED) is 0.754. The number of piperazine rings is 1. The number of rotatable bonds is 3. The van der Waals surface area contributed by atoms with E-state index in [9.17, 15) is 9.18 Å². The Labute approximate surface area is 163 Å². The second kappa shape index (κ2) is 7.46. The number of carbonyl (C=O) groups is 1. The molecule has 1 fully saturated rings. The number of benzene rings is 2. The van der Waals surface area contributed by atoms with Crippen molar-refractivity contribution in [2.45, 2.75) is 13.8 Å². The lowest BCUT2D eigenvalue weighted by molar-refractivity contribution is 0.0747. The molecule has 0 radical (unpaired) electrons. The van der Waals surface area contributed by atoms with Crippen LogP contribution in [-0.2, 0) is 0 Å². The van der Waals surface area contributed by atoms with E-state index in [1.165, 1.54) is 28.9 Å². The second-order valence-corrected chi connectivity index (χ2v) is 7.16. The first kappa shape index (κ1) is 18.2. The minimum atomic E-state index is -0.307. The Kier molecular flexibility index (Phi) is 4.86. The van der Waals surface area contributed by atoms with E-state index in [2.05, 4.69) is 47.1 Å². The molecule has 3 aromatic rings. The lowest BCUT2D eigenvalue weighted by atomic mass is 10.1. The SMILES string of the molecule is Cc1cccc(N2CCN(C(=O)c3cn[nH]c3-c3ccc(F)cc3)CC2)c1C. The molecule has 1 aromatic heterocycles. The van der Waals surface area contributed by atoms with Crippen LogP contribution in [0.15, 0.2) is 48.7 Å². The lowest BCUT2D eigenvalue weighted by Gasteiger charge is -2.37. The van der Waals surface area contributed by atoms with Gasteiger partial charge in [-0.15, -0.1) is 0 Å². The summed E-state index contributed by atoms with van der Waals surface area (Å²) in [4.78, 5) is 17.3. The Morgan fingerprint density at radius 2 is 1.75 bits per heavy atom. The van der Waals surface area contributed by atoms with Crippen LogP contribution in [0.2, 0.25) is 0 Å². The van der Waals surface area contributed by atoms with Crippen LogP contribution >= 0.6 is 0 Å². The van der Waals surface area contributed by atoms with E-state index >= 15 is 0 Å². The number of nitrogens with zero attached hydrogens (tertiary/aromatic N) is 3. The number of amides is 1. The van der Waals surface area contributed by atoms with Gasteiger partial charge < -0.3 is 9.80 Å². The second-order valence-electron chi connectivity index (χ2n) is 7.16. The van der Waals surface area contributed by atoms with Crippen LogP contribution in [0.25, 0.3) is 11.3 Å². The monoisotopic (exact) mass is 378 g/mol. The maximum Gasteiger partial charge on any atom is 0.257 e. The van der Waals surface area contributed by atoms with Gasteiger partial charge in [-0.1, -0.05) is 12.1 Å². The van der Waals surface area contributed by atoms with Gasteiger partial charge in [0.2, 0.25) is 0 Å². The summed E-state index contributed by atoms with van der Waals surface area (Å²) in [5.74, 6) is -0.354. The maximum absolute atomic E-state index is 13.2. The lowest BCUT2D eigenvalue weighted by Crippen LogP contribution is -2.49. The average molecular weight is 378 g/mol. The fraction of sp³-hybridized carbons (Fsp3) is 0.273. The van der Waals surface area contributed by atoms with E-state index in [0.717, 1.165) is 18.7 Å². The normalized spacial score (nSPS) is 14.4. The molecule has 0 bridgehead atoms. The van der Waals surface area contributed by atoms with Crippen molar-refractivity contribution in [1.29, 1.82) is 0 Å². The van der Waals surface area contributed by atoms with E-state index in [4.69, 9.17) is 0 Å². The first-order chi connectivity index (χ1) is 13.5. The molecule has 4 rings (SSSR count). The highest BCUT2D eigenvalue weighted by Crippen LogP contribution is 2.26. The van der Waals surface area contributed by atoms with Crippen LogP contribution in [0.3, 0.4) is 0 Å². The van der Waals surface area contributed by atoms with Gasteiger partial charge in [0.15, 0.2) is 0 Å². The maximum atomic E-state index is 13.2. The van der Waals surface area contributed by atoms with Crippen LogP contribution < -0.4 is 4.90 Å². The third-order valence-corrected chi connectivity index (χ3v) is 5.49. The Morgan fingerprint density at radius 1 is 1.04 bits per heavy atom. The van der Waals surface area contributed by atoms with Crippen molar-refractivity contribution >= 4 is 11.6 Å². The summed E-state index contributed by atoms with van der Waals surface area (Å²) >= 11 is 0. The van der Waals surface area contributed by atoms with Crippen molar-refractivity contribution in [2.75, 3.05) is 31.1 Å². The number of H-pyrrole nitrogens is 1. The third-order valence-electron chi connectivity index (χ3n) is 5.49. The van der Waals surface area contributed by atoms with Crippen LogP contribution in [0.4, 0.5) is 10.1 Å². The number of anilines is 1. The van der Waals surface area contributed by atoms with Gasteiger partial charge >= 0.3 is 0 Å². The Balaban J connectivity index is 1.49. The number of aromatic nitrogens is 2. The molecule has 1 aliphatic rings. The molecular formula is C22H23FN4O. The number of hydrogen-bond donors (Lipinski definition) is 1. The highest BCUT2D eigenvalue weighted by atomic mass is 19.1. The van der Waals surface area contributed by atoms with Gasteiger partial charge in [0, 0.05) is 37.4 Å². The summed E-state index contributed by atoms with van der Waals surface area (Å²) in [7, 11) is 0. The number of aryl methyl sites for hydroxylation is 1. The van der Waals surface area contributed by atoms with Crippen molar-refractivity contribution in [2.24, 2.45) is 0 Å². The third kappa shape index (κ3) is 3.38. The highest BCUT2D eigenvalue weighted by molar-refractivity contribution is 5.99. The smallest absolute Gasteiger partial charge is 0.257 e. The van der Waals surface area contributed by atoms with Gasteiger partial charge in [-0.05, 0) is 55.3 Å². The first-order valence-electron chi connectivity index (χ1n) is 9.44. The van der Waals surface area contributed by atoms with Crippen LogP contribution in [0, 0.1) is 19.7 Å². The zero-order valence-corrected chi connectivity index (χ0v) is 16.1. The van der Waals surface area contributed by atoms with Gasteiger partial charge in [-0.25, -0.2) is 4.39 Å². The number of hydrogen-bond acceptors (Lipinski definition) is 3. The number of carbonyl (C=O) groups excluding carboxylic acids is 1. The molecule has 1 saturated heterocycles. The molecule has 1 aliphatic heterocycles. The number of aromatic amines is 1. The van der Waals surface area contributed by atoms with Crippen LogP contribution in [0.1, 0.15) is 21.5 Å². The van der Waals surface area contributed by atoms with E-state index in [1.807, 2.05) is 4.90 Å². The molecule has 28 heavy (non-hydrogen) atoms. The molecule has 2 heterocycles. The summed E-state index contributed by atoms with van der Waals surface area (Å²) < 4.78 is 13.2.